The van der Waals surface area contributed by atoms with E-state index in [1.807, 2.05) is 12.1 Å². The third-order valence-electron chi connectivity index (χ3n) is 3.77. The van der Waals surface area contributed by atoms with Gasteiger partial charge in [0.25, 0.3) is 0 Å². The Hall–Kier alpha value is -1.55. The molecule has 4 heteroatoms. The smallest absolute Gasteiger partial charge is 0.237 e. The fraction of sp³-hybridized carbons (Fsp3) is 0.588. The Labute approximate surface area is 127 Å². The highest BCUT2D eigenvalue weighted by Gasteiger charge is 2.21. The molecule has 0 spiro atoms. The minimum Gasteiger partial charge on any atom is -0.492 e. The first-order chi connectivity index (χ1) is 9.97. The van der Waals surface area contributed by atoms with E-state index in [9.17, 15) is 4.79 Å². The van der Waals surface area contributed by atoms with Gasteiger partial charge in [0, 0.05) is 0 Å². The Morgan fingerprint density at radius 1 is 1.33 bits per heavy atom. The van der Waals surface area contributed by atoms with Crippen LogP contribution < -0.4 is 15.4 Å². The second kappa shape index (κ2) is 6.94. The first-order valence-electron chi connectivity index (χ1n) is 7.71. The van der Waals surface area contributed by atoms with Gasteiger partial charge in [-0.15, -0.1) is 0 Å². The van der Waals surface area contributed by atoms with E-state index in [1.54, 1.807) is 0 Å². The zero-order valence-electron chi connectivity index (χ0n) is 13.2. The summed E-state index contributed by atoms with van der Waals surface area (Å²) >= 11 is 0. The monoisotopic (exact) mass is 290 g/mol. The van der Waals surface area contributed by atoms with Crippen LogP contribution >= 0.6 is 0 Å². The molecule has 1 heterocycles. The molecule has 1 saturated heterocycles. The quantitative estimate of drug-likeness (QED) is 0.818. The van der Waals surface area contributed by atoms with E-state index in [0.717, 1.165) is 25.1 Å². The van der Waals surface area contributed by atoms with E-state index < -0.39 is 0 Å². The molecule has 0 aromatic heterocycles. The van der Waals surface area contributed by atoms with Gasteiger partial charge in [0.15, 0.2) is 0 Å². The van der Waals surface area contributed by atoms with E-state index >= 15 is 0 Å². The van der Waals surface area contributed by atoms with Gasteiger partial charge in [0.2, 0.25) is 5.91 Å². The van der Waals surface area contributed by atoms with Crippen molar-refractivity contribution in [3.8, 4) is 5.75 Å². The lowest BCUT2D eigenvalue weighted by Gasteiger charge is -2.19. The van der Waals surface area contributed by atoms with Gasteiger partial charge >= 0.3 is 0 Å². The van der Waals surface area contributed by atoms with E-state index in [-0.39, 0.29) is 17.4 Å². The Balaban J connectivity index is 1.70. The van der Waals surface area contributed by atoms with Crippen molar-refractivity contribution < 1.29 is 9.53 Å². The van der Waals surface area contributed by atoms with Crippen molar-refractivity contribution in [3.63, 3.8) is 0 Å². The molecule has 4 nitrogen and oxygen atoms in total. The number of carbonyl (C=O) groups is 1. The van der Waals surface area contributed by atoms with Crippen LogP contribution in [0.2, 0.25) is 0 Å². The number of amides is 1. The van der Waals surface area contributed by atoms with Gasteiger partial charge < -0.3 is 15.4 Å². The standard InChI is InChI=1S/C17H26N2O2/c1-17(2,3)13-6-8-14(9-7-13)21-12-11-19-16(20)15-5-4-10-18-15/h6-9,15,18H,4-5,10-12H2,1-3H3,(H,19,20). The summed E-state index contributed by atoms with van der Waals surface area (Å²) in [4.78, 5) is 11.8. The second-order valence-corrected chi connectivity index (χ2v) is 6.56. The molecule has 0 bridgehead atoms. The van der Waals surface area contributed by atoms with E-state index in [4.69, 9.17) is 4.74 Å². The molecule has 1 aromatic carbocycles. The van der Waals surface area contributed by atoms with Crippen LogP contribution in [0.5, 0.6) is 5.75 Å². The lowest BCUT2D eigenvalue weighted by atomic mass is 9.87. The number of hydrogen-bond donors (Lipinski definition) is 2. The largest absolute Gasteiger partial charge is 0.492 e. The number of ether oxygens (including phenoxy) is 1. The highest BCUT2D eigenvalue weighted by Crippen LogP contribution is 2.24. The van der Waals surface area contributed by atoms with Crippen LogP contribution in [-0.4, -0.2) is 31.6 Å². The lowest BCUT2D eigenvalue weighted by Crippen LogP contribution is -2.41. The molecule has 1 unspecified atom stereocenters. The first-order valence-corrected chi connectivity index (χ1v) is 7.71. The molecule has 1 amide bonds. The predicted octanol–water partition coefficient (Wildman–Crippen LogP) is 2.23. The summed E-state index contributed by atoms with van der Waals surface area (Å²) in [5.41, 5.74) is 1.44. The predicted molar refractivity (Wildman–Crippen MR) is 84.7 cm³/mol. The summed E-state index contributed by atoms with van der Waals surface area (Å²) in [5, 5.41) is 6.09. The Morgan fingerprint density at radius 2 is 2.05 bits per heavy atom. The summed E-state index contributed by atoms with van der Waals surface area (Å²) in [6, 6.07) is 8.14. The maximum atomic E-state index is 11.8. The van der Waals surface area contributed by atoms with E-state index in [0.29, 0.717) is 13.2 Å². The molecular weight excluding hydrogens is 264 g/mol. The number of rotatable bonds is 5. The molecule has 116 valence electrons. The maximum Gasteiger partial charge on any atom is 0.237 e. The normalized spacial score (nSPS) is 18.5. The number of benzene rings is 1. The fourth-order valence-corrected chi connectivity index (χ4v) is 2.43. The summed E-state index contributed by atoms with van der Waals surface area (Å²) in [7, 11) is 0. The van der Waals surface area contributed by atoms with Gasteiger partial charge in [-0.3, -0.25) is 4.79 Å². The van der Waals surface area contributed by atoms with Crippen LogP contribution in [-0.2, 0) is 10.2 Å². The molecule has 1 fully saturated rings. The van der Waals surface area contributed by atoms with Crippen molar-refractivity contribution in [2.45, 2.75) is 45.1 Å². The van der Waals surface area contributed by atoms with Gasteiger partial charge in [-0.25, -0.2) is 0 Å². The maximum absolute atomic E-state index is 11.8. The van der Waals surface area contributed by atoms with Crippen LogP contribution in [0.15, 0.2) is 24.3 Å². The van der Waals surface area contributed by atoms with Gasteiger partial charge in [-0.1, -0.05) is 32.9 Å². The molecule has 0 saturated carbocycles. The van der Waals surface area contributed by atoms with Crippen LogP contribution in [0, 0.1) is 0 Å². The summed E-state index contributed by atoms with van der Waals surface area (Å²) in [5.74, 6) is 0.926. The van der Waals surface area contributed by atoms with Crippen LogP contribution in [0.1, 0.15) is 39.2 Å². The van der Waals surface area contributed by atoms with Gasteiger partial charge in [-0.05, 0) is 42.5 Å². The lowest BCUT2D eigenvalue weighted by molar-refractivity contribution is -0.122. The third kappa shape index (κ3) is 4.74. The van der Waals surface area contributed by atoms with Crippen molar-refractivity contribution in [2.75, 3.05) is 19.7 Å². The molecule has 0 aliphatic carbocycles. The van der Waals surface area contributed by atoms with Crippen molar-refractivity contribution >= 4 is 5.91 Å². The zero-order valence-corrected chi connectivity index (χ0v) is 13.2. The molecule has 1 atom stereocenters. The molecule has 2 rings (SSSR count). The average Bonchev–Trinajstić information content (AvgIpc) is 2.97. The minimum atomic E-state index is -0.0175. The number of carbonyl (C=O) groups excluding carboxylic acids is 1. The first kappa shape index (κ1) is 15.8. The highest BCUT2D eigenvalue weighted by atomic mass is 16.5. The summed E-state index contributed by atoms with van der Waals surface area (Å²) in [6.45, 7) is 8.54. The number of hydrogen-bond acceptors (Lipinski definition) is 3. The summed E-state index contributed by atoms with van der Waals surface area (Å²) in [6.07, 6.45) is 2.01. The SMILES string of the molecule is CC(C)(C)c1ccc(OCCNC(=O)C2CCCN2)cc1. The Kier molecular flexibility index (Phi) is 5.23. The van der Waals surface area contributed by atoms with Crippen LogP contribution in [0.25, 0.3) is 0 Å². The summed E-state index contributed by atoms with van der Waals surface area (Å²) < 4.78 is 5.65. The van der Waals surface area contributed by atoms with Crippen molar-refractivity contribution in [1.82, 2.24) is 10.6 Å². The van der Waals surface area contributed by atoms with Gasteiger partial charge in [0.1, 0.15) is 12.4 Å². The molecule has 21 heavy (non-hydrogen) atoms. The molecule has 1 aromatic rings. The van der Waals surface area contributed by atoms with E-state index in [2.05, 4.69) is 43.5 Å². The zero-order chi connectivity index (χ0) is 15.3. The van der Waals surface area contributed by atoms with Crippen LogP contribution in [0.4, 0.5) is 0 Å². The highest BCUT2D eigenvalue weighted by molar-refractivity contribution is 5.81. The van der Waals surface area contributed by atoms with Crippen molar-refractivity contribution in [1.29, 1.82) is 0 Å². The minimum absolute atomic E-state index is 0.0175. The van der Waals surface area contributed by atoms with Crippen LogP contribution in [0.3, 0.4) is 0 Å². The fourth-order valence-electron chi connectivity index (χ4n) is 2.43. The van der Waals surface area contributed by atoms with Crippen molar-refractivity contribution in [2.24, 2.45) is 0 Å². The average molecular weight is 290 g/mol. The Bertz CT molecular complexity index is 457. The number of nitrogens with one attached hydrogen (secondary N) is 2. The molecule has 0 radical (unpaired) electrons. The molecular formula is C17H26N2O2. The molecule has 1 aliphatic heterocycles. The van der Waals surface area contributed by atoms with Gasteiger partial charge in [-0.2, -0.15) is 0 Å². The molecule has 2 N–H and O–H groups in total. The van der Waals surface area contributed by atoms with E-state index in [1.165, 1.54) is 5.56 Å². The Morgan fingerprint density at radius 3 is 2.62 bits per heavy atom. The van der Waals surface area contributed by atoms with Gasteiger partial charge in [0.05, 0.1) is 12.6 Å². The third-order valence-corrected chi connectivity index (χ3v) is 3.77. The molecule has 1 aliphatic rings. The topological polar surface area (TPSA) is 50.4 Å². The van der Waals surface area contributed by atoms with Crippen molar-refractivity contribution in [3.05, 3.63) is 29.8 Å². The second-order valence-electron chi connectivity index (χ2n) is 6.56.